The van der Waals surface area contributed by atoms with E-state index in [2.05, 4.69) is 4.98 Å². The normalized spacial score (nSPS) is 15.7. The quantitative estimate of drug-likeness (QED) is 0.606. The highest BCUT2D eigenvalue weighted by Crippen LogP contribution is 2.39. The lowest BCUT2D eigenvalue weighted by atomic mass is 9.84. The number of ether oxygens (including phenoxy) is 2. The number of esters is 2. The number of pyridine rings is 1. The van der Waals surface area contributed by atoms with Crippen molar-refractivity contribution in [3.63, 3.8) is 0 Å². The molecule has 0 aromatic carbocycles. The van der Waals surface area contributed by atoms with E-state index >= 15 is 0 Å². The van der Waals surface area contributed by atoms with Crippen LogP contribution >= 0.6 is 0 Å². The van der Waals surface area contributed by atoms with Crippen LogP contribution in [0.25, 0.3) is 0 Å². The largest absolute Gasteiger partial charge is 0.468 e. The van der Waals surface area contributed by atoms with E-state index in [1.54, 1.807) is 6.92 Å². The highest BCUT2D eigenvalue weighted by Gasteiger charge is 2.53. The highest BCUT2D eigenvalue weighted by atomic mass is 16.5. The van der Waals surface area contributed by atoms with Crippen molar-refractivity contribution in [1.29, 1.82) is 0 Å². The van der Waals surface area contributed by atoms with Crippen molar-refractivity contribution in [2.75, 3.05) is 14.2 Å². The summed E-state index contributed by atoms with van der Waals surface area (Å²) in [4.78, 5) is 38.1. The molecule has 0 aliphatic heterocycles. The van der Waals surface area contributed by atoms with Crippen molar-refractivity contribution in [3.05, 3.63) is 33.2 Å². The summed E-state index contributed by atoms with van der Waals surface area (Å²) in [5.41, 5.74) is 0.532. The van der Waals surface area contributed by atoms with Crippen LogP contribution in [-0.2, 0) is 31.9 Å². The summed E-state index contributed by atoms with van der Waals surface area (Å²) in [6.07, 6.45) is 0.316. The van der Waals surface area contributed by atoms with Crippen LogP contribution < -0.4 is 5.56 Å². The fraction of sp³-hybridized carbons (Fsp3) is 0.462. The Morgan fingerprint density at radius 3 is 2.32 bits per heavy atom. The zero-order valence-electron chi connectivity index (χ0n) is 11.0. The first-order valence-electron chi connectivity index (χ1n) is 5.83. The highest BCUT2D eigenvalue weighted by molar-refractivity contribution is 6.01. The molecule has 1 N–H and O–H groups in total. The summed E-state index contributed by atoms with van der Waals surface area (Å²) in [6, 6.07) is 1.41. The topological polar surface area (TPSA) is 85.5 Å². The lowest BCUT2D eigenvalue weighted by Gasteiger charge is -2.22. The van der Waals surface area contributed by atoms with Crippen molar-refractivity contribution in [2.45, 2.75) is 19.8 Å². The summed E-state index contributed by atoms with van der Waals surface area (Å²) in [7, 11) is 2.46. The molecule has 0 spiro atoms. The Bertz CT molecular complexity index is 586. The maximum atomic E-state index is 12.0. The Labute approximate surface area is 109 Å². The Kier molecular flexibility index (Phi) is 3.18. The van der Waals surface area contributed by atoms with Crippen LogP contribution in [0.1, 0.15) is 16.8 Å². The zero-order chi connectivity index (χ0) is 14.2. The minimum Gasteiger partial charge on any atom is -0.468 e. The summed E-state index contributed by atoms with van der Waals surface area (Å²) >= 11 is 0. The minimum absolute atomic E-state index is 0.131. The molecule has 0 amide bonds. The summed E-state index contributed by atoms with van der Waals surface area (Å²) in [6.45, 7) is 1.74. The van der Waals surface area contributed by atoms with Gasteiger partial charge in [-0.3, -0.25) is 14.4 Å². The van der Waals surface area contributed by atoms with Crippen LogP contribution in [0.3, 0.4) is 0 Å². The summed E-state index contributed by atoms with van der Waals surface area (Å²) in [5, 5.41) is 0. The molecule has 102 valence electrons. The van der Waals surface area contributed by atoms with Gasteiger partial charge in [0.05, 0.1) is 14.2 Å². The first-order valence-corrected chi connectivity index (χ1v) is 5.83. The van der Waals surface area contributed by atoms with Crippen molar-refractivity contribution in [2.24, 2.45) is 5.41 Å². The third-order valence-corrected chi connectivity index (χ3v) is 3.58. The van der Waals surface area contributed by atoms with Crippen LogP contribution in [0.15, 0.2) is 10.9 Å². The van der Waals surface area contributed by atoms with Gasteiger partial charge in [-0.25, -0.2) is 0 Å². The van der Waals surface area contributed by atoms with Gasteiger partial charge in [-0.15, -0.1) is 0 Å². The van der Waals surface area contributed by atoms with Gasteiger partial charge in [0.2, 0.25) is 5.56 Å². The average Bonchev–Trinajstić information content (AvgIpc) is 2.77. The fourth-order valence-corrected chi connectivity index (χ4v) is 2.64. The maximum absolute atomic E-state index is 12.0. The minimum atomic E-state index is -1.38. The molecule has 0 bridgehead atoms. The SMILES string of the molecule is COC(=O)C1(C(=O)OC)Cc2cc(=O)[nH]c(C)c2C1. The number of fused-ring (bicyclic) bond motifs is 1. The van der Waals surface area contributed by atoms with Gasteiger partial charge in [-0.2, -0.15) is 0 Å². The van der Waals surface area contributed by atoms with Crippen LogP contribution in [0.5, 0.6) is 0 Å². The van der Waals surface area contributed by atoms with E-state index in [1.807, 2.05) is 0 Å². The molecule has 0 fully saturated rings. The van der Waals surface area contributed by atoms with E-state index in [-0.39, 0.29) is 18.4 Å². The monoisotopic (exact) mass is 265 g/mol. The summed E-state index contributed by atoms with van der Waals surface area (Å²) < 4.78 is 9.47. The predicted octanol–water partition coefficient (Wildman–Crippen LogP) is 0.114. The van der Waals surface area contributed by atoms with Gasteiger partial charge >= 0.3 is 11.9 Å². The standard InChI is InChI=1S/C13H15NO5/c1-7-9-6-13(11(16)18-2,12(17)19-3)5-8(9)4-10(15)14-7/h4H,5-6H2,1-3H3,(H,14,15). The summed E-state index contributed by atoms with van der Waals surface area (Å²) in [5.74, 6) is -1.27. The van der Waals surface area contributed by atoms with Crippen molar-refractivity contribution in [1.82, 2.24) is 4.98 Å². The number of hydrogen-bond acceptors (Lipinski definition) is 5. The number of methoxy groups -OCH3 is 2. The van der Waals surface area contributed by atoms with Gasteiger partial charge < -0.3 is 14.5 Å². The smallest absolute Gasteiger partial charge is 0.323 e. The van der Waals surface area contributed by atoms with Gasteiger partial charge in [0.15, 0.2) is 5.41 Å². The van der Waals surface area contributed by atoms with Gasteiger partial charge in [-0.1, -0.05) is 0 Å². The molecular weight excluding hydrogens is 250 g/mol. The molecule has 19 heavy (non-hydrogen) atoms. The first kappa shape index (κ1) is 13.3. The van der Waals surface area contributed by atoms with Crippen molar-refractivity contribution >= 4 is 11.9 Å². The number of carbonyl (C=O) groups is 2. The van der Waals surface area contributed by atoms with Crippen molar-refractivity contribution in [3.8, 4) is 0 Å². The van der Waals surface area contributed by atoms with E-state index in [1.165, 1.54) is 20.3 Å². The number of rotatable bonds is 2. The number of aromatic amines is 1. The second kappa shape index (κ2) is 4.53. The lowest BCUT2D eigenvalue weighted by molar-refractivity contribution is -0.168. The molecule has 1 aliphatic rings. The van der Waals surface area contributed by atoms with Crippen LogP contribution in [0, 0.1) is 12.3 Å². The van der Waals surface area contributed by atoms with E-state index in [0.717, 1.165) is 5.56 Å². The molecule has 6 heteroatoms. The van der Waals surface area contributed by atoms with Gasteiger partial charge in [0.25, 0.3) is 0 Å². The molecule has 1 heterocycles. The van der Waals surface area contributed by atoms with E-state index in [4.69, 9.17) is 9.47 Å². The van der Waals surface area contributed by atoms with E-state index in [9.17, 15) is 14.4 Å². The Balaban J connectivity index is 2.54. The lowest BCUT2D eigenvalue weighted by Crippen LogP contribution is -2.42. The molecule has 1 aromatic heterocycles. The van der Waals surface area contributed by atoms with E-state index < -0.39 is 17.4 Å². The molecule has 1 aliphatic carbocycles. The van der Waals surface area contributed by atoms with Crippen molar-refractivity contribution < 1.29 is 19.1 Å². The molecular formula is C13H15NO5. The molecule has 0 unspecified atom stereocenters. The number of aromatic nitrogens is 1. The number of H-pyrrole nitrogens is 1. The van der Waals surface area contributed by atoms with E-state index in [0.29, 0.717) is 11.3 Å². The van der Waals surface area contributed by atoms with Gasteiger partial charge in [-0.05, 0) is 18.1 Å². The molecule has 6 nitrogen and oxygen atoms in total. The maximum Gasteiger partial charge on any atom is 0.323 e. The number of hydrogen-bond donors (Lipinski definition) is 1. The fourth-order valence-electron chi connectivity index (χ4n) is 2.64. The van der Waals surface area contributed by atoms with Crippen LogP contribution in [0.2, 0.25) is 0 Å². The third kappa shape index (κ3) is 1.93. The number of nitrogens with one attached hydrogen (secondary N) is 1. The Morgan fingerprint density at radius 1 is 1.21 bits per heavy atom. The Morgan fingerprint density at radius 2 is 1.79 bits per heavy atom. The number of carbonyl (C=O) groups excluding carboxylic acids is 2. The third-order valence-electron chi connectivity index (χ3n) is 3.58. The molecule has 0 saturated heterocycles. The molecule has 2 rings (SSSR count). The average molecular weight is 265 g/mol. The Hall–Kier alpha value is -2.11. The predicted molar refractivity (Wildman–Crippen MR) is 65.7 cm³/mol. The molecule has 0 radical (unpaired) electrons. The van der Waals surface area contributed by atoms with Crippen LogP contribution in [0.4, 0.5) is 0 Å². The first-order chi connectivity index (χ1) is 8.94. The molecule has 0 saturated carbocycles. The van der Waals surface area contributed by atoms with Gasteiger partial charge in [0.1, 0.15) is 0 Å². The molecule has 1 aromatic rings. The zero-order valence-corrected chi connectivity index (χ0v) is 11.0. The number of aryl methyl sites for hydroxylation is 1. The van der Waals surface area contributed by atoms with Crippen LogP contribution in [-0.4, -0.2) is 31.1 Å². The van der Waals surface area contributed by atoms with Gasteiger partial charge in [0, 0.05) is 24.6 Å². The molecule has 0 atom stereocenters. The second-order valence-electron chi connectivity index (χ2n) is 4.68. The second-order valence-corrected chi connectivity index (χ2v) is 4.68.